The van der Waals surface area contributed by atoms with Crippen LogP contribution in [-0.4, -0.2) is 13.3 Å². The quantitative estimate of drug-likeness (QED) is 0.765. The molecule has 17 heavy (non-hydrogen) atoms. The summed E-state index contributed by atoms with van der Waals surface area (Å²) in [4.78, 5) is 4.02. The molecule has 0 amide bonds. The van der Waals surface area contributed by atoms with Crippen LogP contribution in [0.3, 0.4) is 0 Å². The Kier molecular flexibility index (Phi) is 4.49. The van der Waals surface area contributed by atoms with E-state index in [4.69, 9.17) is 4.43 Å². The van der Waals surface area contributed by atoms with E-state index < -0.39 is 8.32 Å². The molecule has 96 valence electrons. The molecule has 0 aliphatic rings. The summed E-state index contributed by atoms with van der Waals surface area (Å²) in [6.45, 7) is 11.0. The molecule has 1 rings (SSSR count). The predicted octanol–water partition coefficient (Wildman–Crippen LogP) is 4.51. The van der Waals surface area contributed by atoms with E-state index in [1.54, 1.807) is 12.3 Å². The van der Waals surface area contributed by atoms with Gasteiger partial charge in [0.15, 0.2) is 14.1 Å². The number of rotatable bonds is 3. The highest BCUT2D eigenvalue weighted by atomic mass is 79.9. The summed E-state index contributed by atoms with van der Waals surface area (Å²) in [6.07, 6.45) is 1.58. The molecule has 0 aromatic carbocycles. The molecule has 0 radical (unpaired) electrons. The van der Waals surface area contributed by atoms with E-state index in [0.717, 1.165) is 0 Å². The van der Waals surface area contributed by atoms with Crippen molar-refractivity contribution in [1.29, 1.82) is 0 Å². The zero-order valence-electron chi connectivity index (χ0n) is 11.0. The topological polar surface area (TPSA) is 22.1 Å². The van der Waals surface area contributed by atoms with E-state index in [2.05, 4.69) is 54.8 Å². The summed E-state index contributed by atoms with van der Waals surface area (Å²) in [5, 5.41) is 0.121. The molecule has 0 N–H and O–H groups in total. The number of hydrogen-bond acceptors (Lipinski definition) is 2. The van der Waals surface area contributed by atoms with Crippen molar-refractivity contribution in [3.05, 3.63) is 28.2 Å². The summed E-state index contributed by atoms with van der Waals surface area (Å²) in [5.41, 5.74) is 0.365. The van der Waals surface area contributed by atoms with Crippen LogP contribution in [0.25, 0.3) is 0 Å². The lowest BCUT2D eigenvalue weighted by molar-refractivity contribution is 0.266. The maximum atomic E-state index is 13.7. The van der Waals surface area contributed by atoms with Crippen molar-refractivity contribution in [2.75, 3.05) is 0 Å². The van der Waals surface area contributed by atoms with Crippen molar-refractivity contribution in [2.45, 2.75) is 45.5 Å². The largest absolute Gasteiger partial charge is 0.411 e. The van der Waals surface area contributed by atoms with Crippen molar-refractivity contribution in [1.82, 2.24) is 4.98 Å². The first-order valence-electron chi connectivity index (χ1n) is 5.58. The van der Waals surface area contributed by atoms with Crippen LogP contribution in [0.4, 0.5) is 4.39 Å². The Morgan fingerprint density at radius 2 is 2.00 bits per heavy atom. The van der Waals surface area contributed by atoms with Gasteiger partial charge in [0, 0.05) is 6.20 Å². The Hall–Kier alpha value is -0.263. The molecule has 1 aromatic rings. The van der Waals surface area contributed by atoms with Crippen molar-refractivity contribution in [2.24, 2.45) is 0 Å². The molecule has 1 aromatic heterocycles. The van der Waals surface area contributed by atoms with E-state index in [1.807, 2.05) is 0 Å². The van der Waals surface area contributed by atoms with Gasteiger partial charge in [-0.1, -0.05) is 20.8 Å². The first-order chi connectivity index (χ1) is 7.65. The number of halogens is 2. The van der Waals surface area contributed by atoms with Crippen molar-refractivity contribution < 1.29 is 8.82 Å². The van der Waals surface area contributed by atoms with Gasteiger partial charge >= 0.3 is 0 Å². The highest BCUT2D eigenvalue weighted by Crippen LogP contribution is 2.37. The van der Waals surface area contributed by atoms with Gasteiger partial charge in [-0.2, -0.15) is 0 Å². The second-order valence-corrected chi connectivity index (χ2v) is 11.3. The van der Waals surface area contributed by atoms with Gasteiger partial charge in [-0.3, -0.25) is 4.98 Å². The summed E-state index contributed by atoms with van der Waals surface area (Å²) >= 11 is 3.15. The van der Waals surface area contributed by atoms with Gasteiger partial charge in [-0.15, -0.1) is 0 Å². The fraction of sp³-hybridized carbons (Fsp3) is 0.583. The average Bonchev–Trinajstić information content (AvgIpc) is 2.18. The molecule has 0 spiro atoms. The van der Waals surface area contributed by atoms with Crippen LogP contribution >= 0.6 is 15.9 Å². The first-order valence-corrected chi connectivity index (χ1v) is 9.28. The molecule has 2 nitrogen and oxygen atoms in total. The Morgan fingerprint density at radius 1 is 1.41 bits per heavy atom. The summed E-state index contributed by atoms with van der Waals surface area (Å²) in [5.74, 6) is -0.328. The molecule has 0 aliphatic heterocycles. The minimum atomic E-state index is -1.85. The zero-order valence-corrected chi connectivity index (χ0v) is 13.6. The van der Waals surface area contributed by atoms with E-state index in [-0.39, 0.29) is 17.5 Å². The minimum Gasteiger partial charge on any atom is -0.411 e. The number of aromatic nitrogens is 1. The highest BCUT2D eigenvalue weighted by Gasteiger charge is 2.37. The second kappa shape index (κ2) is 5.16. The molecule has 0 atom stereocenters. The van der Waals surface area contributed by atoms with Gasteiger partial charge in [0.05, 0.1) is 11.1 Å². The normalized spacial score (nSPS) is 12.9. The smallest absolute Gasteiger partial charge is 0.192 e. The average molecular weight is 320 g/mol. The van der Waals surface area contributed by atoms with E-state index >= 15 is 0 Å². The monoisotopic (exact) mass is 319 g/mol. The predicted molar refractivity (Wildman–Crippen MR) is 73.9 cm³/mol. The van der Waals surface area contributed by atoms with Gasteiger partial charge in [0.1, 0.15) is 5.69 Å². The molecule has 0 bridgehead atoms. The third kappa shape index (κ3) is 3.60. The standard InChI is InChI=1S/C12H19BrFNOSi/c1-12(2,3)17(4,5)16-8-10-11(14)9(13)6-7-15-10/h6-7H,8H2,1-5H3. The van der Waals surface area contributed by atoms with Crippen LogP contribution in [0.1, 0.15) is 26.5 Å². The van der Waals surface area contributed by atoms with Gasteiger partial charge in [-0.05, 0) is 40.1 Å². The van der Waals surface area contributed by atoms with Crippen LogP contribution in [0, 0.1) is 5.82 Å². The molecule has 1 heterocycles. The maximum absolute atomic E-state index is 13.7. The van der Waals surface area contributed by atoms with Crippen molar-refractivity contribution in [3.8, 4) is 0 Å². The number of hydrogen-bond donors (Lipinski definition) is 0. The Morgan fingerprint density at radius 3 is 2.53 bits per heavy atom. The van der Waals surface area contributed by atoms with E-state index in [0.29, 0.717) is 10.2 Å². The maximum Gasteiger partial charge on any atom is 0.192 e. The Bertz CT molecular complexity index is 404. The second-order valence-electron chi connectivity index (χ2n) is 5.60. The molecule has 0 aliphatic carbocycles. The molecule has 5 heteroatoms. The summed E-state index contributed by atoms with van der Waals surface area (Å²) in [6, 6.07) is 1.59. The number of pyridine rings is 1. The van der Waals surface area contributed by atoms with Gasteiger partial charge in [0.25, 0.3) is 0 Å². The molecule has 0 saturated heterocycles. The van der Waals surface area contributed by atoms with Crippen molar-refractivity contribution >= 4 is 24.2 Å². The zero-order chi connectivity index (χ0) is 13.3. The molecule has 0 unspecified atom stereocenters. The summed E-state index contributed by atoms with van der Waals surface area (Å²) in [7, 11) is -1.85. The molecular formula is C12H19BrFNOSi. The molecule has 0 fully saturated rings. The van der Waals surface area contributed by atoms with Crippen LogP contribution in [0.2, 0.25) is 18.1 Å². The third-order valence-electron chi connectivity index (χ3n) is 3.29. The van der Waals surface area contributed by atoms with Crippen LogP contribution in [0.15, 0.2) is 16.7 Å². The first kappa shape index (κ1) is 14.8. The molecular weight excluding hydrogens is 301 g/mol. The molecule has 0 saturated carbocycles. The third-order valence-corrected chi connectivity index (χ3v) is 8.38. The highest BCUT2D eigenvalue weighted by molar-refractivity contribution is 9.10. The van der Waals surface area contributed by atoms with E-state index in [9.17, 15) is 4.39 Å². The lowest BCUT2D eigenvalue weighted by Gasteiger charge is -2.36. The SMILES string of the molecule is CC(C)(C)[Si](C)(C)OCc1nccc(Br)c1F. The van der Waals surface area contributed by atoms with Crippen LogP contribution in [-0.2, 0) is 11.0 Å². The van der Waals surface area contributed by atoms with Gasteiger partial charge in [-0.25, -0.2) is 4.39 Å². The Balaban J connectivity index is 2.78. The lowest BCUT2D eigenvalue weighted by Crippen LogP contribution is -2.40. The van der Waals surface area contributed by atoms with Gasteiger partial charge < -0.3 is 4.43 Å². The van der Waals surface area contributed by atoms with Crippen LogP contribution < -0.4 is 0 Å². The lowest BCUT2D eigenvalue weighted by atomic mass is 10.2. The fourth-order valence-corrected chi connectivity index (χ4v) is 2.30. The summed E-state index contributed by atoms with van der Waals surface area (Å²) < 4.78 is 20.1. The van der Waals surface area contributed by atoms with Crippen molar-refractivity contribution in [3.63, 3.8) is 0 Å². The number of nitrogens with zero attached hydrogens (tertiary/aromatic N) is 1. The fourth-order valence-electron chi connectivity index (χ4n) is 1.03. The minimum absolute atomic E-state index is 0.121. The van der Waals surface area contributed by atoms with Crippen LogP contribution in [0.5, 0.6) is 0 Å². The van der Waals surface area contributed by atoms with Gasteiger partial charge in [0.2, 0.25) is 0 Å². The Labute approximate surface area is 112 Å². The van der Waals surface area contributed by atoms with E-state index in [1.165, 1.54) is 0 Å².